The average molecular weight is 269 g/mol. The molecule has 0 unspecified atom stereocenters. The highest BCUT2D eigenvalue weighted by molar-refractivity contribution is 6.31. The van der Waals surface area contributed by atoms with E-state index in [9.17, 15) is 0 Å². The van der Waals surface area contributed by atoms with Gasteiger partial charge in [0.15, 0.2) is 0 Å². The summed E-state index contributed by atoms with van der Waals surface area (Å²) in [7, 11) is 0. The smallest absolute Gasteiger partial charge is 0.225 e. The van der Waals surface area contributed by atoms with Gasteiger partial charge in [-0.25, -0.2) is 4.98 Å². The van der Waals surface area contributed by atoms with Crippen LogP contribution in [0, 0.1) is 6.92 Å². The third-order valence-corrected chi connectivity index (χ3v) is 2.77. The van der Waals surface area contributed by atoms with Gasteiger partial charge in [0, 0.05) is 22.3 Å². The zero-order valence-corrected chi connectivity index (χ0v) is 10.7. The standard InChI is InChI=1S/C12H10Cl2N2O/c1-8-6-15-12(14)16-11(8)17-7-9-4-2-3-5-10(9)13/h2-6H,7H2,1H3. The van der Waals surface area contributed by atoms with Crippen molar-refractivity contribution in [3.05, 3.63) is 51.9 Å². The van der Waals surface area contributed by atoms with Crippen molar-refractivity contribution in [3.63, 3.8) is 0 Å². The maximum atomic E-state index is 6.02. The van der Waals surface area contributed by atoms with Gasteiger partial charge in [-0.3, -0.25) is 0 Å². The summed E-state index contributed by atoms with van der Waals surface area (Å²) in [5.41, 5.74) is 1.74. The van der Waals surface area contributed by atoms with Crippen LogP contribution in [0.5, 0.6) is 5.88 Å². The molecule has 0 bridgehead atoms. The Bertz CT molecular complexity index is 532. The van der Waals surface area contributed by atoms with E-state index in [0.717, 1.165) is 11.1 Å². The number of rotatable bonds is 3. The highest BCUT2D eigenvalue weighted by atomic mass is 35.5. The number of halogens is 2. The van der Waals surface area contributed by atoms with Gasteiger partial charge in [-0.05, 0) is 24.6 Å². The van der Waals surface area contributed by atoms with Gasteiger partial charge in [0.2, 0.25) is 11.2 Å². The SMILES string of the molecule is Cc1cnc(Cl)nc1OCc1ccccc1Cl. The molecule has 5 heteroatoms. The fourth-order valence-electron chi connectivity index (χ4n) is 1.31. The summed E-state index contributed by atoms with van der Waals surface area (Å²) in [5.74, 6) is 0.477. The third-order valence-electron chi connectivity index (χ3n) is 2.22. The molecule has 17 heavy (non-hydrogen) atoms. The summed E-state index contributed by atoms with van der Waals surface area (Å²) in [4.78, 5) is 7.87. The van der Waals surface area contributed by atoms with E-state index in [4.69, 9.17) is 27.9 Å². The quantitative estimate of drug-likeness (QED) is 0.797. The van der Waals surface area contributed by atoms with Crippen LogP contribution in [0.15, 0.2) is 30.5 Å². The molecule has 2 rings (SSSR count). The molecule has 88 valence electrons. The number of nitrogens with zero attached hydrogens (tertiary/aromatic N) is 2. The first-order valence-electron chi connectivity index (χ1n) is 5.02. The molecule has 1 heterocycles. The first-order valence-corrected chi connectivity index (χ1v) is 5.78. The van der Waals surface area contributed by atoms with Crippen molar-refractivity contribution in [3.8, 4) is 5.88 Å². The Morgan fingerprint density at radius 3 is 2.76 bits per heavy atom. The van der Waals surface area contributed by atoms with E-state index in [-0.39, 0.29) is 5.28 Å². The van der Waals surface area contributed by atoms with E-state index < -0.39 is 0 Å². The summed E-state index contributed by atoms with van der Waals surface area (Å²) < 4.78 is 5.56. The molecular weight excluding hydrogens is 259 g/mol. The minimum absolute atomic E-state index is 0.171. The van der Waals surface area contributed by atoms with Crippen molar-refractivity contribution in [1.29, 1.82) is 0 Å². The molecule has 0 amide bonds. The average Bonchev–Trinajstić information content (AvgIpc) is 2.32. The molecule has 3 nitrogen and oxygen atoms in total. The van der Waals surface area contributed by atoms with Gasteiger partial charge in [0.25, 0.3) is 0 Å². The topological polar surface area (TPSA) is 35.0 Å². The normalized spacial score (nSPS) is 10.3. The molecule has 0 aliphatic carbocycles. The molecule has 0 atom stereocenters. The van der Waals surface area contributed by atoms with Gasteiger partial charge < -0.3 is 4.74 Å². The molecule has 1 aromatic carbocycles. The van der Waals surface area contributed by atoms with E-state index in [1.807, 2.05) is 31.2 Å². The number of hydrogen-bond acceptors (Lipinski definition) is 3. The van der Waals surface area contributed by atoms with Crippen LogP contribution in [0.3, 0.4) is 0 Å². The van der Waals surface area contributed by atoms with Crippen molar-refractivity contribution < 1.29 is 4.74 Å². The van der Waals surface area contributed by atoms with Crippen LogP contribution >= 0.6 is 23.2 Å². The lowest BCUT2D eigenvalue weighted by atomic mass is 10.2. The Morgan fingerprint density at radius 2 is 2.00 bits per heavy atom. The zero-order valence-electron chi connectivity index (χ0n) is 9.15. The van der Waals surface area contributed by atoms with Crippen LogP contribution in [0.25, 0.3) is 0 Å². The Hall–Kier alpha value is -1.32. The molecule has 0 radical (unpaired) electrons. The molecule has 0 spiro atoms. The summed E-state index contributed by atoms with van der Waals surface area (Å²) >= 11 is 11.7. The lowest BCUT2D eigenvalue weighted by Gasteiger charge is -2.08. The third kappa shape index (κ3) is 3.08. The second-order valence-corrected chi connectivity index (χ2v) is 4.25. The number of hydrogen-bond donors (Lipinski definition) is 0. The summed E-state index contributed by atoms with van der Waals surface area (Å²) in [6.45, 7) is 2.21. The van der Waals surface area contributed by atoms with Gasteiger partial charge in [0.1, 0.15) is 6.61 Å². The predicted molar refractivity (Wildman–Crippen MR) is 67.6 cm³/mol. The van der Waals surface area contributed by atoms with Crippen LogP contribution in [-0.2, 0) is 6.61 Å². The zero-order chi connectivity index (χ0) is 12.3. The Balaban J connectivity index is 2.12. The van der Waals surface area contributed by atoms with Gasteiger partial charge in [-0.2, -0.15) is 4.98 Å². The van der Waals surface area contributed by atoms with Crippen molar-refractivity contribution in [2.45, 2.75) is 13.5 Å². The van der Waals surface area contributed by atoms with Gasteiger partial charge >= 0.3 is 0 Å². The number of ether oxygens (including phenoxy) is 1. The number of aryl methyl sites for hydroxylation is 1. The molecular formula is C12H10Cl2N2O. The minimum atomic E-state index is 0.171. The highest BCUT2D eigenvalue weighted by Crippen LogP contribution is 2.20. The summed E-state index contributed by atoms with van der Waals surface area (Å²) in [5, 5.41) is 0.843. The van der Waals surface area contributed by atoms with Gasteiger partial charge in [0.05, 0.1) is 0 Å². The largest absolute Gasteiger partial charge is 0.472 e. The molecule has 0 aliphatic heterocycles. The molecule has 0 fully saturated rings. The van der Waals surface area contributed by atoms with E-state index in [1.54, 1.807) is 6.20 Å². The lowest BCUT2D eigenvalue weighted by Crippen LogP contribution is -2.00. The van der Waals surface area contributed by atoms with Crippen LogP contribution < -0.4 is 4.74 Å². The second-order valence-electron chi connectivity index (χ2n) is 3.51. The van der Waals surface area contributed by atoms with E-state index in [2.05, 4.69) is 9.97 Å². The van der Waals surface area contributed by atoms with E-state index in [0.29, 0.717) is 17.5 Å². The fraction of sp³-hybridized carbons (Fsp3) is 0.167. The van der Waals surface area contributed by atoms with Crippen LogP contribution in [0.1, 0.15) is 11.1 Å². The maximum Gasteiger partial charge on any atom is 0.225 e. The van der Waals surface area contributed by atoms with Gasteiger partial charge in [-0.1, -0.05) is 29.8 Å². The second kappa shape index (κ2) is 5.34. The molecule has 0 saturated carbocycles. The molecule has 2 aromatic rings. The minimum Gasteiger partial charge on any atom is -0.472 e. The van der Waals surface area contributed by atoms with Crippen LogP contribution in [0.2, 0.25) is 10.3 Å². The number of aromatic nitrogens is 2. The molecule has 1 aromatic heterocycles. The van der Waals surface area contributed by atoms with Crippen molar-refractivity contribution in [2.24, 2.45) is 0 Å². The van der Waals surface area contributed by atoms with Crippen LogP contribution in [0.4, 0.5) is 0 Å². The lowest BCUT2D eigenvalue weighted by molar-refractivity contribution is 0.291. The van der Waals surface area contributed by atoms with E-state index in [1.165, 1.54) is 0 Å². The predicted octanol–water partition coefficient (Wildman–Crippen LogP) is 3.67. The van der Waals surface area contributed by atoms with Gasteiger partial charge in [-0.15, -0.1) is 0 Å². The summed E-state index contributed by atoms with van der Waals surface area (Å²) in [6, 6.07) is 7.50. The Labute approximate surface area is 109 Å². The molecule has 0 N–H and O–H groups in total. The Morgan fingerprint density at radius 1 is 1.24 bits per heavy atom. The Kier molecular flexibility index (Phi) is 3.82. The van der Waals surface area contributed by atoms with Crippen molar-refractivity contribution in [1.82, 2.24) is 9.97 Å². The molecule has 0 aliphatic rings. The number of benzene rings is 1. The first kappa shape index (κ1) is 12.1. The van der Waals surface area contributed by atoms with Crippen LogP contribution in [-0.4, -0.2) is 9.97 Å². The maximum absolute atomic E-state index is 6.02. The van der Waals surface area contributed by atoms with E-state index >= 15 is 0 Å². The summed E-state index contributed by atoms with van der Waals surface area (Å²) in [6.07, 6.45) is 1.62. The van der Waals surface area contributed by atoms with Crippen molar-refractivity contribution >= 4 is 23.2 Å². The first-order chi connectivity index (χ1) is 8.16. The fourth-order valence-corrected chi connectivity index (χ4v) is 1.63. The highest BCUT2D eigenvalue weighted by Gasteiger charge is 2.05. The monoisotopic (exact) mass is 268 g/mol. The molecule has 0 saturated heterocycles. The van der Waals surface area contributed by atoms with Crippen molar-refractivity contribution in [2.75, 3.05) is 0 Å².